The molecule has 8 rings (SSSR count). The Morgan fingerprint density at radius 1 is 0.983 bits per heavy atom. The molecule has 13 nitrogen and oxygen atoms in total. The largest absolute Gasteiger partial charge is 0.469 e. The first-order valence-corrected chi connectivity index (χ1v) is 20.2. The van der Waals surface area contributed by atoms with Gasteiger partial charge in [0.05, 0.1) is 40.1 Å². The predicted octanol–water partition coefficient (Wildman–Crippen LogP) is 8.13. The second-order valence-corrected chi connectivity index (χ2v) is 18.6. The number of amides is 2. The van der Waals surface area contributed by atoms with Gasteiger partial charge in [0.2, 0.25) is 5.88 Å². The fraction of sp³-hybridized carbons (Fsp3) is 0.500. The van der Waals surface area contributed by atoms with Crippen molar-refractivity contribution in [1.82, 2.24) is 19.8 Å². The number of nitrogens with one attached hydrogen (secondary N) is 1. The van der Waals surface area contributed by atoms with Crippen LogP contribution in [-0.4, -0.2) is 107 Å². The van der Waals surface area contributed by atoms with Gasteiger partial charge < -0.3 is 28.9 Å². The number of carbonyl (C=O) groups excluding carboxylic acids is 3. The predicted molar refractivity (Wildman–Crippen MR) is 215 cm³/mol. The van der Waals surface area contributed by atoms with Crippen molar-refractivity contribution in [2.45, 2.75) is 96.7 Å². The van der Waals surface area contributed by atoms with E-state index in [1.165, 1.54) is 6.07 Å². The van der Waals surface area contributed by atoms with Gasteiger partial charge in [-0.05, 0) is 81.0 Å². The van der Waals surface area contributed by atoms with Crippen molar-refractivity contribution in [2.24, 2.45) is 0 Å². The summed E-state index contributed by atoms with van der Waals surface area (Å²) in [5.74, 6) is -0.908. The van der Waals surface area contributed by atoms with Gasteiger partial charge in [-0.1, -0.05) is 22.9 Å². The Balaban J connectivity index is 1.32. The number of hydrogen-bond donors (Lipinski definition) is 1. The molecule has 2 fully saturated rings. The molecule has 1 N–H and O–H groups in total. The van der Waals surface area contributed by atoms with E-state index < -0.39 is 70.2 Å². The molecule has 2 aromatic carbocycles. The lowest BCUT2D eigenvalue weighted by Crippen LogP contribution is -2.65. The highest BCUT2D eigenvalue weighted by atomic mass is 35.5. The number of ether oxygens (including phenoxy) is 3. The van der Waals surface area contributed by atoms with Crippen molar-refractivity contribution in [1.29, 1.82) is 0 Å². The number of anilines is 3. The van der Waals surface area contributed by atoms with E-state index >= 15 is 13.2 Å². The first-order chi connectivity index (χ1) is 27.2. The Morgan fingerprint density at radius 2 is 1.71 bits per heavy atom. The minimum absolute atomic E-state index is 0.0509. The monoisotopic (exact) mass is 841 g/mol. The van der Waals surface area contributed by atoms with Crippen LogP contribution in [0.2, 0.25) is 5.02 Å². The van der Waals surface area contributed by atoms with Crippen LogP contribution in [0, 0.1) is 17.5 Å². The van der Waals surface area contributed by atoms with E-state index in [0.717, 1.165) is 30.7 Å². The molecule has 2 amide bonds. The van der Waals surface area contributed by atoms with Crippen LogP contribution in [0.4, 0.5) is 39.3 Å². The standard InChI is InChI=1S/C40H43ClF3N7O6S/c1-18-14-50-24(15-49(18)38(54)57-40(5,6)7)25(17-52)51-16-26(23-10-9-11-48(23)8)55-35-33(51)32(50)19-12-20(41)27(29(44)30(19)45-35)28-21(42)13-22(43)34-31(28)46-36(58-34)47-37(53)56-39(2,3)4/h12-13,18,23-24,26H,9-11,14-16H2,1-8H3,(H,46,47,53)/t18-,23+,24-,26-/m1/s1. The number of nitrogens with zero attached hydrogens (tertiary/aromatic N) is 6. The summed E-state index contributed by atoms with van der Waals surface area (Å²) in [6.07, 6.45) is -0.153. The number of aromatic nitrogens is 2. The molecule has 4 aliphatic heterocycles. The molecule has 0 spiro atoms. The Morgan fingerprint density at radius 3 is 2.36 bits per heavy atom. The molecule has 0 aliphatic carbocycles. The normalized spacial score (nSPS) is 22.1. The van der Waals surface area contributed by atoms with Gasteiger partial charge in [-0.25, -0.2) is 37.5 Å². The lowest BCUT2D eigenvalue weighted by molar-refractivity contribution is 0.0132. The highest BCUT2D eigenvalue weighted by Crippen LogP contribution is 2.54. The molecule has 308 valence electrons. The van der Waals surface area contributed by atoms with Crippen LogP contribution in [0.15, 0.2) is 17.8 Å². The van der Waals surface area contributed by atoms with Crippen molar-refractivity contribution in [3.05, 3.63) is 40.3 Å². The molecule has 6 heterocycles. The van der Waals surface area contributed by atoms with E-state index in [0.29, 0.717) is 17.4 Å². The average Bonchev–Trinajstić information content (AvgIpc) is 3.74. The van der Waals surface area contributed by atoms with Crippen LogP contribution in [0.25, 0.3) is 32.2 Å². The molecule has 0 saturated carbocycles. The summed E-state index contributed by atoms with van der Waals surface area (Å²) in [5, 5.41) is 2.35. The van der Waals surface area contributed by atoms with E-state index in [1.54, 1.807) is 46.4 Å². The SMILES string of the molecule is C[C@@H]1CN2c3c4c(nc5c(F)c(-c6c(F)cc(F)c7sc(NC(=O)OC(C)(C)C)nc67)c(Cl)cc35)O[C@@H]([C@@H]3CCCN3C)CN4C(=C=O)[C@H]2CN1C(=O)OC(C)(C)C. The summed E-state index contributed by atoms with van der Waals surface area (Å²) in [5.41, 5.74) is -1.80. The number of benzene rings is 2. The Bertz CT molecular complexity index is 2450. The number of fused-ring (bicyclic) bond motifs is 5. The lowest BCUT2D eigenvalue weighted by atomic mass is 9.93. The third-order valence-corrected chi connectivity index (χ3v) is 12.1. The number of rotatable bonds is 3. The van der Waals surface area contributed by atoms with E-state index in [-0.39, 0.29) is 68.5 Å². The number of pyridine rings is 1. The van der Waals surface area contributed by atoms with Gasteiger partial charge >= 0.3 is 12.2 Å². The number of hydrogen-bond acceptors (Lipinski definition) is 12. The van der Waals surface area contributed by atoms with Gasteiger partial charge in [-0.15, -0.1) is 0 Å². The average molecular weight is 842 g/mol. The molecule has 0 radical (unpaired) electrons. The van der Waals surface area contributed by atoms with Crippen LogP contribution in [0.1, 0.15) is 61.3 Å². The molecule has 2 saturated heterocycles. The fourth-order valence-corrected chi connectivity index (χ4v) is 9.59. The van der Waals surface area contributed by atoms with Crippen LogP contribution < -0.4 is 19.9 Å². The van der Waals surface area contributed by atoms with E-state index in [1.807, 2.05) is 23.8 Å². The number of piperazine rings is 1. The maximum atomic E-state index is 17.5. The Hall–Kier alpha value is -4.83. The lowest BCUT2D eigenvalue weighted by Gasteiger charge is -2.53. The minimum atomic E-state index is -1.14. The molecule has 0 bridgehead atoms. The quantitative estimate of drug-likeness (QED) is 0.201. The van der Waals surface area contributed by atoms with Crippen LogP contribution in [0.3, 0.4) is 0 Å². The summed E-state index contributed by atoms with van der Waals surface area (Å²) < 4.78 is 66.4. The maximum Gasteiger partial charge on any atom is 0.413 e. The van der Waals surface area contributed by atoms with Gasteiger partial charge in [-0.2, -0.15) is 0 Å². The number of thiazole rings is 1. The van der Waals surface area contributed by atoms with Gasteiger partial charge in [0, 0.05) is 41.2 Å². The maximum absolute atomic E-state index is 17.5. The molecule has 0 unspecified atom stereocenters. The van der Waals surface area contributed by atoms with E-state index in [4.69, 9.17) is 30.8 Å². The second-order valence-electron chi connectivity index (χ2n) is 17.2. The molecular formula is C40H43ClF3N7O6S. The zero-order chi connectivity index (χ0) is 41.7. The zero-order valence-electron chi connectivity index (χ0n) is 33.3. The van der Waals surface area contributed by atoms with Gasteiger partial charge in [0.25, 0.3) is 0 Å². The highest BCUT2D eigenvalue weighted by molar-refractivity contribution is 7.22. The van der Waals surface area contributed by atoms with Crippen LogP contribution >= 0.6 is 22.9 Å². The zero-order valence-corrected chi connectivity index (χ0v) is 34.8. The van der Waals surface area contributed by atoms with Crippen molar-refractivity contribution in [2.75, 3.05) is 48.3 Å². The third-order valence-electron chi connectivity index (χ3n) is 10.8. The van der Waals surface area contributed by atoms with Crippen molar-refractivity contribution < 1.29 is 41.8 Å². The smallest absolute Gasteiger partial charge is 0.413 e. The number of likely N-dealkylation sites (N-methyl/N-ethyl adjacent to an activating group) is 1. The Labute approximate surface area is 341 Å². The molecule has 4 aliphatic rings. The van der Waals surface area contributed by atoms with E-state index in [2.05, 4.69) is 21.1 Å². The third kappa shape index (κ3) is 6.85. The first-order valence-electron chi connectivity index (χ1n) is 19.0. The summed E-state index contributed by atoms with van der Waals surface area (Å²) >= 11 is 7.67. The molecule has 2 aromatic heterocycles. The first kappa shape index (κ1) is 40.0. The van der Waals surface area contributed by atoms with Gasteiger partial charge in [0.1, 0.15) is 51.8 Å². The summed E-state index contributed by atoms with van der Waals surface area (Å²) in [4.78, 5) is 55.7. The van der Waals surface area contributed by atoms with Gasteiger partial charge in [0.15, 0.2) is 10.9 Å². The topological polar surface area (TPSA) is 130 Å². The van der Waals surface area contributed by atoms with Gasteiger partial charge in [-0.3, -0.25) is 10.2 Å². The Kier molecular flexibility index (Phi) is 9.77. The van der Waals surface area contributed by atoms with Crippen molar-refractivity contribution in [3.8, 4) is 17.0 Å². The van der Waals surface area contributed by atoms with Crippen molar-refractivity contribution in [3.63, 3.8) is 0 Å². The minimum Gasteiger partial charge on any atom is -0.469 e. The number of likely N-dealkylation sites (tertiary alicyclic amines) is 1. The molecule has 58 heavy (non-hydrogen) atoms. The number of halogens is 4. The molecule has 4 aromatic rings. The van der Waals surface area contributed by atoms with E-state index in [9.17, 15) is 14.4 Å². The van der Waals surface area contributed by atoms with Crippen LogP contribution in [-0.2, 0) is 14.3 Å². The van der Waals surface area contributed by atoms with Crippen LogP contribution in [0.5, 0.6) is 5.88 Å². The summed E-state index contributed by atoms with van der Waals surface area (Å²) in [6.45, 7) is 13.5. The highest BCUT2D eigenvalue weighted by Gasteiger charge is 2.50. The molecular weight excluding hydrogens is 799 g/mol. The molecule has 4 atom stereocenters. The summed E-state index contributed by atoms with van der Waals surface area (Å²) in [7, 11) is 1.99. The second kappa shape index (κ2) is 14.2. The van der Waals surface area contributed by atoms with Crippen molar-refractivity contribution >= 4 is 78.7 Å². The fourth-order valence-electron chi connectivity index (χ4n) is 8.43. The molecule has 18 heteroatoms. The summed E-state index contributed by atoms with van der Waals surface area (Å²) in [6, 6.07) is 0.872. The number of carbonyl (C=O) groups is 2.